The number of carbonyl (C=O) groups is 1. The van der Waals surface area contributed by atoms with Crippen LogP contribution in [-0.4, -0.2) is 46.9 Å². The van der Waals surface area contributed by atoms with Crippen LogP contribution < -0.4 is 0 Å². The summed E-state index contributed by atoms with van der Waals surface area (Å²) in [5.74, 6) is 0.714. The van der Waals surface area contributed by atoms with E-state index in [0.717, 1.165) is 51.1 Å². The molecule has 2 fully saturated rings. The largest absolute Gasteiger partial charge is 0.340 e. The van der Waals surface area contributed by atoms with E-state index < -0.39 is 0 Å². The van der Waals surface area contributed by atoms with Gasteiger partial charge < -0.3 is 4.90 Å². The van der Waals surface area contributed by atoms with Crippen molar-refractivity contribution in [3.05, 3.63) is 42.1 Å². The van der Waals surface area contributed by atoms with Crippen LogP contribution in [0.15, 0.2) is 36.5 Å². The Hall–Kier alpha value is -1.94. The Balaban J connectivity index is 1.40. The van der Waals surface area contributed by atoms with Gasteiger partial charge in [0.2, 0.25) is 5.91 Å². The van der Waals surface area contributed by atoms with E-state index in [2.05, 4.69) is 39.0 Å². The first-order chi connectivity index (χ1) is 11.3. The van der Waals surface area contributed by atoms with Gasteiger partial charge in [-0.2, -0.15) is 0 Å². The summed E-state index contributed by atoms with van der Waals surface area (Å²) < 4.78 is 0. The monoisotopic (exact) mass is 309 g/mol. The molecule has 0 N–H and O–H groups in total. The fraction of sp³-hybridized carbons (Fsp3) is 0.474. The summed E-state index contributed by atoms with van der Waals surface area (Å²) in [7, 11) is 0. The lowest BCUT2D eigenvalue weighted by molar-refractivity contribution is -0.140. The van der Waals surface area contributed by atoms with Crippen molar-refractivity contribution < 1.29 is 4.79 Å². The predicted molar refractivity (Wildman–Crippen MR) is 90.9 cm³/mol. The van der Waals surface area contributed by atoms with E-state index in [1.54, 1.807) is 0 Å². The minimum absolute atomic E-state index is 0.323. The zero-order valence-electron chi connectivity index (χ0n) is 13.4. The molecule has 0 bridgehead atoms. The molecule has 1 saturated heterocycles. The molecule has 4 rings (SSSR count). The molecular formula is C19H23N3O. The molecule has 1 aliphatic heterocycles. The number of piperazine rings is 1. The number of amides is 1. The molecule has 4 nitrogen and oxygen atoms in total. The summed E-state index contributed by atoms with van der Waals surface area (Å²) in [6, 6.07) is 10.5. The number of benzene rings is 1. The van der Waals surface area contributed by atoms with E-state index >= 15 is 0 Å². The minimum atomic E-state index is 0.323. The second kappa shape index (κ2) is 6.28. The normalized spacial score (nSPS) is 19.7. The van der Waals surface area contributed by atoms with Crippen LogP contribution in [0, 0.1) is 5.92 Å². The van der Waals surface area contributed by atoms with Crippen molar-refractivity contribution in [1.29, 1.82) is 0 Å². The molecule has 2 heterocycles. The van der Waals surface area contributed by atoms with Crippen LogP contribution in [0.1, 0.15) is 24.8 Å². The van der Waals surface area contributed by atoms with Gasteiger partial charge in [0.15, 0.2) is 0 Å². The number of hydrogen-bond donors (Lipinski definition) is 0. The maximum Gasteiger partial charge on any atom is 0.225 e. The molecule has 1 amide bonds. The van der Waals surface area contributed by atoms with Gasteiger partial charge in [0.05, 0.1) is 5.52 Å². The first kappa shape index (κ1) is 14.6. The Bertz CT molecular complexity index is 697. The highest BCUT2D eigenvalue weighted by Gasteiger charge is 2.31. The molecule has 4 heteroatoms. The standard InChI is InChI=1S/C19H23N3O/c23-19(16-5-2-6-16)22-12-10-21(11-13-22)14-17-7-1-4-15-8-3-9-20-18(15)17/h1,3-4,7-9,16H,2,5-6,10-14H2. The highest BCUT2D eigenvalue weighted by Crippen LogP contribution is 2.28. The van der Waals surface area contributed by atoms with Gasteiger partial charge in [-0.25, -0.2) is 0 Å². The van der Waals surface area contributed by atoms with Crippen LogP contribution in [0.4, 0.5) is 0 Å². The van der Waals surface area contributed by atoms with E-state index in [4.69, 9.17) is 0 Å². The number of pyridine rings is 1. The molecule has 23 heavy (non-hydrogen) atoms. The zero-order valence-corrected chi connectivity index (χ0v) is 13.4. The Morgan fingerprint density at radius 2 is 1.87 bits per heavy atom. The topological polar surface area (TPSA) is 36.4 Å². The first-order valence-electron chi connectivity index (χ1n) is 8.65. The number of carbonyl (C=O) groups excluding carboxylic acids is 1. The third-order valence-corrected chi connectivity index (χ3v) is 5.25. The number of aromatic nitrogens is 1. The summed E-state index contributed by atoms with van der Waals surface area (Å²) in [6.45, 7) is 4.57. The molecule has 120 valence electrons. The maximum atomic E-state index is 12.3. The molecule has 1 aromatic heterocycles. The smallest absolute Gasteiger partial charge is 0.225 e. The lowest BCUT2D eigenvalue weighted by atomic mass is 9.84. The van der Waals surface area contributed by atoms with E-state index in [1.807, 2.05) is 12.3 Å². The summed E-state index contributed by atoms with van der Waals surface area (Å²) in [6.07, 6.45) is 5.28. The van der Waals surface area contributed by atoms with Gasteiger partial charge in [0, 0.05) is 50.2 Å². The molecule has 2 aromatic rings. The second-order valence-electron chi connectivity index (χ2n) is 6.72. The fourth-order valence-corrected chi connectivity index (χ4v) is 3.58. The number of para-hydroxylation sites is 1. The number of fused-ring (bicyclic) bond motifs is 1. The second-order valence-corrected chi connectivity index (χ2v) is 6.72. The zero-order chi connectivity index (χ0) is 15.6. The van der Waals surface area contributed by atoms with Crippen LogP contribution in [-0.2, 0) is 11.3 Å². The van der Waals surface area contributed by atoms with E-state index in [1.165, 1.54) is 17.4 Å². The lowest BCUT2D eigenvalue weighted by Crippen LogP contribution is -2.50. The van der Waals surface area contributed by atoms with Crippen molar-refractivity contribution in [2.45, 2.75) is 25.8 Å². The van der Waals surface area contributed by atoms with Gasteiger partial charge in [0.25, 0.3) is 0 Å². The van der Waals surface area contributed by atoms with Gasteiger partial charge in [-0.1, -0.05) is 30.7 Å². The van der Waals surface area contributed by atoms with Crippen LogP contribution in [0.3, 0.4) is 0 Å². The molecule has 0 atom stereocenters. The third kappa shape index (κ3) is 2.95. The first-order valence-corrected chi connectivity index (χ1v) is 8.65. The van der Waals surface area contributed by atoms with Crippen molar-refractivity contribution in [3.63, 3.8) is 0 Å². The quantitative estimate of drug-likeness (QED) is 0.874. The summed E-state index contributed by atoms with van der Waals surface area (Å²) >= 11 is 0. The molecule has 0 spiro atoms. The van der Waals surface area contributed by atoms with E-state index in [-0.39, 0.29) is 0 Å². The Morgan fingerprint density at radius 3 is 2.61 bits per heavy atom. The van der Waals surface area contributed by atoms with Gasteiger partial charge >= 0.3 is 0 Å². The molecular weight excluding hydrogens is 286 g/mol. The molecule has 1 saturated carbocycles. The van der Waals surface area contributed by atoms with Crippen molar-refractivity contribution >= 4 is 16.8 Å². The van der Waals surface area contributed by atoms with Crippen molar-refractivity contribution in [2.75, 3.05) is 26.2 Å². The highest BCUT2D eigenvalue weighted by molar-refractivity contribution is 5.81. The molecule has 0 radical (unpaired) electrons. The predicted octanol–water partition coefficient (Wildman–Crippen LogP) is 2.68. The summed E-state index contributed by atoms with van der Waals surface area (Å²) in [5, 5.41) is 1.20. The fourth-order valence-electron chi connectivity index (χ4n) is 3.58. The Kier molecular flexibility index (Phi) is 4.00. The average molecular weight is 309 g/mol. The van der Waals surface area contributed by atoms with Crippen molar-refractivity contribution in [3.8, 4) is 0 Å². The van der Waals surface area contributed by atoms with Crippen LogP contribution in [0.25, 0.3) is 10.9 Å². The summed E-state index contributed by atoms with van der Waals surface area (Å²) in [5.41, 5.74) is 2.38. The lowest BCUT2D eigenvalue weighted by Gasteiger charge is -2.38. The minimum Gasteiger partial charge on any atom is -0.340 e. The molecule has 2 aliphatic rings. The van der Waals surface area contributed by atoms with E-state index in [0.29, 0.717) is 11.8 Å². The Labute approximate surface area is 137 Å². The number of hydrogen-bond acceptors (Lipinski definition) is 3. The van der Waals surface area contributed by atoms with Crippen molar-refractivity contribution in [1.82, 2.24) is 14.8 Å². The number of rotatable bonds is 3. The third-order valence-electron chi connectivity index (χ3n) is 5.25. The molecule has 1 aromatic carbocycles. The summed E-state index contributed by atoms with van der Waals surface area (Å²) in [4.78, 5) is 21.4. The maximum absolute atomic E-state index is 12.3. The van der Waals surface area contributed by atoms with Gasteiger partial charge in [-0.15, -0.1) is 0 Å². The van der Waals surface area contributed by atoms with E-state index in [9.17, 15) is 4.79 Å². The van der Waals surface area contributed by atoms with Crippen molar-refractivity contribution in [2.24, 2.45) is 5.92 Å². The average Bonchev–Trinajstić information content (AvgIpc) is 2.54. The van der Waals surface area contributed by atoms with Crippen LogP contribution >= 0.6 is 0 Å². The van der Waals surface area contributed by atoms with Crippen LogP contribution in [0.2, 0.25) is 0 Å². The van der Waals surface area contributed by atoms with Gasteiger partial charge in [0.1, 0.15) is 0 Å². The highest BCUT2D eigenvalue weighted by atomic mass is 16.2. The van der Waals surface area contributed by atoms with Crippen LogP contribution in [0.5, 0.6) is 0 Å². The SMILES string of the molecule is O=C(C1CCC1)N1CCN(Cc2cccc3cccnc23)CC1. The molecule has 0 unspecified atom stereocenters. The van der Waals surface area contributed by atoms with Gasteiger partial charge in [-0.3, -0.25) is 14.7 Å². The van der Waals surface area contributed by atoms with Gasteiger partial charge in [-0.05, 0) is 24.5 Å². The number of nitrogens with zero attached hydrogens (tertiary/aromatic N) is 3. The Morgan fingerprint density at radius 1 is 1.09 bits per heavy atom. The molecule has 1 aliphatic carbocycles.